The summed E-state index contributed by atoms with van der Waals surface area (Å²) in [5.41, 5.74) is 4.27. The number of methoxy groups -OCH3 is 1. The topological polar surface area (TPSA) is 55.4 Å². The molecule has 0 aliphatic carbocycles. The lowest BCUT2D eigenvalue weighted by Gasteiger charge is -2.45. The van der Waals surface area contributed by atoms with Crippen LogP contribution in [0, 0.1) is 0 Å². The molecule has 0 aromatic heterocycles. The molecule has 0 bridgehead atoms. The van der Waals surface area contributed by atoms with E-state index in [4.69, 9.17) is 28.4 Å². The van der Waals surface area contributed by atoms with Crippen LogP contribution < -0.4 is 0 Å². The lowest BCUT2D eigenvalue weighted by molar-refractivity contribution is -0.323. The van der Waals surface area contributed by atoms with Crippen molar-refractivity contribution in [2.75, 3.05) is 13.7 Å². The van der Waals surface area contributed by atoms with Crippen LogP contribution >= 0.6 is 0 Å². The van der Waals surface area contributed by atoms with Crippen LogP contribution in [-0.2, 0) is 54.8 Å². The van der Waals surface area contributed by atoms with E-state index in [1.807, 2.05) is 121 Å². The van der Waals surface area contributed by atoms with E-state index in [2.05, 4.69) is 0 Å². The van der Waals surface area contributed by atoms with E-state index in [0.717, 1.165) is 22.3 Å². The normalized spacial score (nSPS) is 22.4. The second kappa shape index (κ2) is 15.6. The molecular formula is C35H38O6. The van der Waals surface area contributed by atoms with Gasteiger partial charge in [-0.05, 0) is 22.3 Å². The number of benzene rings is 4. The lowest BCUT2D eigenvalue weighted by atomic mass is 9.97. The number of hydrogen-bond donors (Lipinski definition) is 0. The molecule has 1 heterocycles. The third kappa shape index (κ3) is 8.57. The van der Waals surface area contributed by atoms with E-state index in [1.165, 1.54) is 0 Å². The third-order valence-electron chi connectivity index (χ3n) is 7.07. The largest absolute Gasteiger partial charge is 0.374 e. The monoisotopic (exact) mass is 554 g/mol. The van der Waals surface area contributed by atoms with Crippen LogP contribution in [0.4, 0.5) is 0 Å². The highest BCUT2D eigenvalue weighted by molar-refractivity contribution is 5.16. The molecule has 1 aliphatic heterocycles. The maximum absolute atomic E-state index is 6.63. The molecule has 1 saturated heterocycles. The predicted molar refractivity (Wildman–Crippen MR) is 157 cm³/mol. The second-order valence-corrected chi connectivity index (χ2v) is 10.1. The van der Waals surface area contributed by atoms with Gasteiger partial charge in [0.2, 0.25) is 0 Å². The lowest BCUT2D eigenvalue weighted by Crippen LogP contribution is -2.61. The van der Waals surface area contributed by atoms with Crippen LogP contribution in [0.25, 0.3) is 0 Å². The molecule has 6 heteroatoms. The molecule has 5 rings (SSSR count). The van der Waals surface area contributed by atoms with Crippen molar-refractivity contribution in [3.05, 3.63) is 144 Å². The van der Waals surface area contributed by atoms with E-state index in [-0.39, 0.29) is 0 Å². The standard InChI is InChI=1S/C35H38O6/c1-36-35-34(40-25-30-20-12-5-13-21-30)33(39-24-29-18-10-4-11-19-29)32(38-23-28-16-8-3-9-17-28)31(41-35)26-37-22-27-14-6-2-7-15-27/h2-21,31-35H,22-26H2,1H3/t31?,32-,33?,34?,35?/m1/s1. The van der Waals surface area contributed by atoms with Gasteiger partial charge in [0.15, 0.2) is 6.29 Å². The predicted octanol–water partition coefficient (Wildman–Crippen LogP) is 6.33. The Morgan fingerprint density at radius 2 is 0.878 bits per heavy atom. The summed E-state index contributed by atoms with van der Waals surface area (Å²) < 4.78 is 38.2. The van der Waals surface area contributed by atoms with Gasteiger partial charge < -0.3 is 28.4 Å². The first kappa shape index (κ1) is 29.1. The Bertz CT molecular complexity index is 1260. The molecule has 214 valence electrons. The fourth-order valence-corrected chi connectivity index (χ4v) is 4.94. The number of hydrogen-bond acceptors (Lipinski definition) is 6. The van der Waals surface area contributed by atoms with Crippen molar-refractivity contribution in [3.8, 4) is 0 Å². The van der Waals surface area contributed by atoms with Crippen LogP contribution in [0.5, 0.6) is 0 Å². The van der Waals surface area contributed by atoms with Gasteiger partial charge in [-0.1, -0.05) is 121 Å². The van der Waals surface area contributed by atoms with Crippen molar-refractivity contribution in [2.45, 2.75) is 57.1 Å². The van der Waals surface area contributed by atoms with E-state index < -0.39 is 30.7 Å². The highest BCUT2D eigenvalue weighted by Gasteiger charge is 2.48. The molecule has 5 atom stereocenters. The molecule has 41 heavy (non-hydrogen) atoms. The first-order valence-corrected chi connectivity index (χ1v) is 14.1. The molecule has 4 aromatic rings. The quantitative estimate of drug-likeness (QED) is 0.182. The average molecular weight is 555 g/mol. The molecule has 1 aliphatic rings. The maximum Gasteiger partial charge on any atom is 0.186 e. The molecule has 0 N–H and O–H groups in total. The van der Waals surface area contributed by atoms with Gasteiger partial charge in [-0.2, -0.15) is 0 Å². The highest BCUT2D eigenvalue weighted by atomic mass is 16.7. The van der Waals surface area contributed by atoms with Crippen LogP contribution in [0.3, 0.4) is 0 Å². The highest BCUT2D eigenvalue weighted by Crippen LogP contribution is 2.31. The van der Waals surface area contributed by atoms with E-state index in [0.29, 0.717) is 33.0 Å². The third-order valence-corrected chi connectivity index (χ3v) is 7.07. The van der Waals surface area contributed by atoms with Gasteiger partial charge in [-0.25, -0.2) is 0 Å². The smallest absolute Gasteiger partial charge is 0.186 e. The number of ether oxygens (including phenoxy) is 6. The Balaban J connectivity index is 1.38. The van der Waals surface area contributed by atoms with Crippen molar-refractivity contribution in [3.63, 3.8) is 0 Å². The van der Waals surface area contributed by atoms with Crippen LogP contribution in [0.1, 0.15) is 22.3 Å². The zero-order valence-corrected chi connectivity index (χ0v) is 23.4. The van der Waals surface area contributed by atoms with E-state index in [1.54, 1.807) is 7.11 Å². The summed E-state index contributed by atoms with van der Waals surface area (Å²) >= 11 is 0. The van der Waals surface area contributed by atoms with Crippen molar-refractivity contribution in [2.24, 2.45) is 0 Å². The molecule has 0 spiro atoms. The minimum atomic E-state index is -0.665. The van der Waals surface area contributed by atoms with Gasteiger partial charge in [-0.3, -0.25) is 0 Å². The molecule has 0 saturated carbocycles. The first-order valence-electron chi connectivity index (χ1n) is 14.1. The first-order chi connectivity index (χ1) is 20.3. The Morgan fingerprint density at radius 1 is 0.488 bits per heavy atom. The van der Waals surface area contributed by atoms with E-state index in [9.17, 15) is 0 Å². The summed E-state index contributed by atoms with van der Waals surface area (Å²) in [6, 6.07) is 40.4. The summed E-state index contributed by atoms with van der Waals surface area (Å²) in [7, 11) is 1.63. The Kier molecular flexibility index (Phi) is 11.1. The molecule has 0 amide bonds. The number of rotatable bonds is 14. The summed E-state index contributed by atoms with van der Waals surface area (Å²) in [5, 5.41) is 0. The van der Waals surface area contributed by atoms with Crippen molar-refractivity contribution in [1.82, 2.24) is 0 Å². The van der Waals surface area contributed by atoms with Crippen LogP contribution in [0.2, 0.25) is 0 Å². The second-order valence-electron chi connectivity index (χ2n) is 10.1. The van der Waals surface area contributed by atoms with Gasteiger partial charge in [0, 0.05) is 7.11 Å². The van der Waals surface area contributed by atoms with Crippen molar-refractivity contribution >= 4 is 0 Å². The van der Waals surface area contributed by atoms with Gasteiger partial charge in [0.25, 0.3) is 0 Å². The molecule has 4 unspecified atom stereocenters. The average Bonchev–Trinajstić information content (AvgIpc) is 3.04. The zero-order valence-electron chi connectivity index (χ0n) is 23.4. The molecule has 4 aromatic carbocycles. The fourth-order valence-electron chi connectivity index (χ4n) is 4.94. The van der Waals surface area contributed by atoms with Crippen molar-refractivity contribution in [1.29, 1.82) is 0 Å². The molecular weight excluding hydrogens is 516 g/mol. The minimum absolute atomic E-state index is 0.310. The summed E-state index contributed by atoms with van der Waals surface area (Å²) in [6.07, 6.45) is -2.59. The minimum Gasteiger partial charge on any atom is -0.374 e. The van der Waals surface area contributed by atoms with Crippen molar-refractivity contribution < 1.29 is 28.4 Å². The Labute approximate surface area is 242 Å². The summed E-state index contributed by atoms with van der Waals surface area (Å²) in [4.78, 5) is 0. The van der Waals surface area contributed by atoms with Gasteiger partial charge in [-0.15, -0.1) is 0 Å². The zero-order chi connectivity index (χ0) is 28.1. The van der Waals surface area contributed by atoms with E-state index >= 15 is 0 Å². The Hall–Kier alpha value is -3.36. The summed E-state index contributed by atoms with van der Waals surface area (Å²) in [6.45, 7) is 1.97. The maximum atomic E-state index is 6.63. The van der Waals surface area contributed by atoms with Gasteiger partial charge in [0.05, 0.1) is 33.0 Å². The van der Waals surface area contributed by atoms with Crippen LogP contribution in [0.15, 0.2) is 121 Å². The fraction of sp³-hybridized carbons (Fsp3) is 0.314. The SMILES string of the molecule is COC1OC(COCc2ccccc2)[C@@H](OCc2ccccc2)C(OCc2ccccc2)C1OCc1ccccc1. The van der Waals surface area contributed by atoms with Gasteiger partial charge in [0.1, 0.15) is 24.4 Å². The molecule has 6 nitrogen and oxygen atoms in total. The molecule has 0 radical (unpaired) electrons. The van der Waals surface area contributed by atoms with Gasteiger partial charge >= 0.3 is 0 Å². The molecule has 1 fully saturated rings. The Morgan fingerprint density at radius 3 is 1.32 bits per heavy atom. The van der Waals surface area contributed by atoms with Crippen LogP contribution in [-0.4, -0.2) is 44.4 Å². The summed E-state index contributed by atoms with van der Waals surface area (Å²) in [5.74, 6) is 0.